The lowest BCUT2D eigenvalue weighted by Gasteiger charge is -2.18. The number of alkyl carbamates (subject to hydrolysis) is 1. The summed E-state index contributed by atoms with van der Waals surface area (Å²) in [6.07, 6.45) is 1.93. The van der Waals surface area contributed by atoms with E-state index in [0.717, 1.165) is 33.4 Å². The molecule has 0 saturated carbocycles. The summed E-state index contributed by atoms with van der Waals surface area (Å²) >= 11 is 0. The molecule has 1 atom stereocenters. The SMILES string of the molecule is C=CCc1cccc(C[C@H](NC(=O)OCC2c3ccccc3-c3ccccc32)C(=O)O)c1. The molecule has 1 aliphatic rings. The van der Waals surface area contributed by atoms with Gasteiger partial charge in [0.25, 0.3) is 0 Å². The summed E-state index contributed by atoms with van der Waals surface area (Å²) in [5, 5.41) is 12.1. The third kappa shape index (κ3) is 4.57. The first-order valence-electron chi connectivity index (χ1n) is 10.6. The average Bonchev–Trinajstić information content (AvgIpc) is 3.11. The van der Waals surface area contributed by atoms with Crippen LogP contribution in [0.25, 0.3) is 11.1 Å². The lowest BCUT2D eigenvalue weighted by atomic mass is 9.98. The van der Waals surface area contributed by atoms with Crippen molar-refractivity contribution in [1.82, 2.24) is 5.32 Å². The lowest BCUT2D eigenvalue weighted by molar-refractivity contribution is -0.139. The van der Waals surface area contributed by atoms with Gasteiger partial charge in [-0.3, -0.25) is 0 Å². The van der Waals surface area contributed by atoms with Crippen LogP contribution in [0.4, 0.5) is 4.79 Å². The van der Waals surface area contributed by atoms with E-state index < -0.39 is 18.1 Å². The maximum absolute atomic E-state index is 12.5. The molecule has 5 heteroatoms. The fourth-order valence-electron chi connectivity index (χ4n) is 4.27. The Morgan fingerprint density at radius 3 is 2.22 bits per heavy atom. The van der Waals surface area contributed by atoms with Gasteiger partial charge in [-0.25, -0.2) is 9.59 Å². The molecule has 0 saturated heterocycles. The number of allylic oxidation sites excluding steroid dienone is 1. The van der Waals surface area contributed by atoms with Gasteiger partial charge in [0.05, 0.1) is 0 Å². The number of ether oxygens (including phenoxy) is 1. The van der Waals surface area contributed by atoms with Crippen molar-refractivity contribution in [2.24, 2.45) is 0 Å². The van der Waals surface area contributed by atoms with E-state index >= 15 is 0 Å². The number of hydrogen-bond donors (Lipinski definition) is 2. The van der Waals surface area contributed by atoms with Gasteiger partial charge in [-0.05, 0) is 39.8 Å². The van der Waals surface area contributed by atoms with Crippen LogP contribution in [-0.2, 0) is 22.4 Å². The number of rotatable bonds is 8. The molecule has 0 fully saturated rings. The van der Waals surface area contributed by atoms with E-state index in [9.17, 15) is 14.7 Å². The van der Waals surface area contributed by atoms with Crippen LogP contribution in [0.2, 0.25) is 0 Å². The molecular formula is C27H25NO4. The molecular weight excluding hydrogens is 402 g/mol. The first-order chi connectivity index (χ1) is 15.6. The summed E-state index contributed by atoms with van der Waals surface area (Å²) < 4.78 is 5.49. The van der Waals surface area contributed by atoms with Crippen molar-refractivity contribution in [3.8, 4) is 11.1 Å². The van der Waals surface area contributed by atoms with Crippen LogP contribution in [-0.4, -0.2) is 29.8 Å². The number of carboxylic acids is 1. The second kappa shape index (κ2) is 9.52. The van der Waals surface area contributed by atoms with E-state index in [1.54, 1.807) is 6.08 Å². The number of nitrogens with one attached hydrogen (secondary N) is 1. The zero-order valence-electron chi connectivity index (χ0n) is 17.7. The van der Waals surface area contributed by atoms with E-state index in [4.69, 9.17) is 4.74 Å². The van der Waals surface area contributed by atoms with E-state index in [1.807, 2.05) is 60.7 Å². The third-order valence-electron chi connectivity index (χ3n) is 5.75. The molecule has 0 heterocycles. The number of hydrogen-bond acceptors (Lipinski definition) is 3. The Labute approximate surface area is 187 Å². The highest BCUT2D eigenvalue weighted by Crippen LogP contribution is 2.44. The monoisotopic (exact) mass is 427 g/mol. The minimum atomic E-state index is -1.10. The van der Waals surface area contributed by atoms with Gasteiger partial charge in [0, 0.05) is 12.3 Å². The molecule has 0 radical (unpaired) electrons. The van der Waals surface area contributed by atoms with Gasteiger partial charge in [-0.1, -0.05) is 78.9 Å². The van der Waals surface area contributed by atoms with Crippen molar-refractivity contribution >= 4 is 12.1 Å². The van der Waals surface area contributed by atoms with Crippen molar-refractivity contribution in [3.05, 3.63) is 108 Å². The zero-order valence-corrected chi connectivity index (χ0v) is 17.7. The minimum absolute atomic E-state index is 0.0768. The molecule has 32 heavy (non-hydrogen) atoms. The van der Waals surface area contributed by atoms with E-state index in [-0.39, 0.29) is 18.9 Å². The summed E-state index contributed by atoms with van der Waals surface area (Å²) in [7, 11) is 0. The molecule has 0 unspecified atom stereocenters. The van der Waals surface area contributed by atoms with Gasteiger partial charge in [-0.2, -0.15) is 0 Å². The standard InChI is InChI=1S/C27H25NO4/c1-2-8-18-9-7-10-19(15-18)16-25(26(29)30)28-27(31)32-17-24-22-13-5-3-11-20(22)21-12-4-6-14-23(21)24/h2-7,9-15,24-25H,1,8,16-17H2,(H,28,31)(H,29,30)/t25-/m0/s1. The molecule has 4 rings (SSSR count). The van der Waals surface area contributed by atoms with E-state index in [2.05, 4.69) is 24.0 Å². The van der Waals surface area contributed by atoms with Crippen LogP contribution in [0.15, 0.2) is 85.5 Å². The van der Waals surface area contributed by atoms with Gasteiger partial charge >= 0.3 is 12.1 Å². The first-order valence-corrected chi connectivity index (χ1v) is 10.6. The fourth-order valence-corrected chi connectivity index (χ4v) is 4.27. The Kier molecular flexibility index (Phi) is 6.36. The van der Waals surface area contributed by atoms with Crippen LogP contribution in [0.5, 0.6) is 0 Å². The van der Waals surface area contributed by atoms with E-state index in [1.165, 1.54) is 0 Å². The third-order valence-corrected chi connectivity index (χ3v) is 5.75. The zero-order chi connectivity index (χ0) is 22.5. The van der Waals surface area contributed by atoms with Gasteiger partial charge in [-0.15, -0.1) is 6.58 Å². The Morgan fingerprint density at radius 1 is 0.969 bits per heavy atom. The van der Waals surface area contributed by atoms with Crippen molar-refractivity contribution in [2.45, 2.75) is 24.8 Å². The van der Waals surface area contributed by atoms with Crippen LogP contribution < -0.4 is 5.32 Å². The van der Waals surface area contributed by atoms with Crippen LogP contribution >= 0.6 is 0 Å². The molecule has 0 aliphatic heterocycles. The predicted molar refractivity (Wildman–Crippen MR) is 124 cm³/mol. The minimum Gasteiger partial charge on any atom is -0.480 e. The number of aliphatic carboxylic acids is 1. The number of carboxylic acid groups (broad SMARTS) is 1. The van der Waals surface area contributed by atoms with Crippen LogP contribution in [0.3, 0.4) is 0 Å². The number of benzene rings is 3. The van der Waals surface area contributed by atoms with Crippen molar-refractivity contribution < 1.29 is 19.4 Å². The molecule has 3 aromatic rings. The van der Waals surface area contributed by atoms with Crippen molar-refractivity contribution in [2.75, 3.05) is 6.61 Å². The fraction of sp³-hybridized carbons (Fsp3) is 0.185. The highest BCUT2D eigenvalue weighted by molar-refractivity contribution is 5.81. The summed E-state index contributed by atoms with van der Waals surface area (Å²) in [5.74, 6) is -1.18. The number of carbonyl (C=O) groups excluding carboxylic acids is 1. The van der Waals surface area contributed by atoms with Gasteiger partial charge in [0.2, 0.25) is 0 Å². The van der Waals surface area contributed by atoms with Crippen LogP contribution in [0.1, 0.15) is 28.2 Å². The highest BCUT2D eigenvalue weighted by Gasteiger charge is 2.29. The van der Waals surface area contributed by atoms with Gasteiger partial charge in [0.1, 0.15) is 12.6 Å². The molecule has 162 valence electrons. The molecule has 3 aromatic carbocycles. The molecule has 1 amide bonds. The Hall–Kier alpha value is -3.86. The smallest absolute Gasteiger partial charge is 0.407 e. The lowest BCUT2D eigenvalue weighted by Crippen LogP contribution is -2.42. The molecule has 2 N–H and O–H groups in total. The molecule has 1 aliphatic carbocycles. The Bertz CT molecular complexity index is 1110. The summed E-state index contributed by atoms with van der Waals surface area (Å²) in [6.45, 7) is 3.87. The Morgan fingerprint density at radius 2 is 1.59 bits per heavy atom. The van der Waals surface area contributed by atoms with Gasteiger partial charge < -0.3 is 15.2 Å². The highest BCUT2D eigenvalue weighted by atomic mass is 16.5. The molecule has 0 aromatic heterocycles. The summed E-state index contributed by atoms with van der Waals surface area (Å²) in [4.78, 5) is 24.2. The van der Waals surface area contributed by atoms with Crippen LogP contribution in [0, 0.1) is 0 Å². The Balaban J connectivity index is 1.42. The maximum atomic E-state index is 12.5. The second-order valence-corrected chi connectivity index (χ2v) is 7.88. The first kappa shape index (κ1) is 21.4. The average molecular weight is 428 g/mol. The number of amides is 1. The maximum Gasteiger partial charge on any atom is 0.407 e. The molecule has 0 bridgehead atoms. The molecule has 5 nitrogen and oxygen atoms in total. The molecule has 0 spiro atoms. The normalized spacial score (nSPS) is 13.0. The van der Waals surface area contributed by atoms with Crippen molar-refractivity contribution in [3.63, 3.8) is 0 Å². The number of fused-ring (bicyclic) bond motifs is 3. The van der Waals surface area contributed by atoms with Gasteiger partial charge in [0.15, 0.2) is 0 Å². The predicted octanol–water partition coefficient (Wildman–Crippen LogP) is 4.95. The largest absolute Gasteiger partial charge is 0.480 e. The quantitative estimate of drug-likeness (QED) is 0.499. The second-order valence-electron chi connectivity index (χ2n) is 7.88. The summed E-state index contributed by atoms with van der Waals surface area (Å²) in [5.41, 5.74) is 6.36. The number of carbonyl (C=O) groups is 2. The van der Waals surface area contributed by atoms with Crippen molar-refractivity contribution in [1.29, 1.82) is 0 Å². The van der Waals surface area contributed by atoms with E-state index in [0.29, 0.717) is 6.42 Å². The topological polar surface area (TPSA) is 75.6 Å². The summed E-state index contributed by atoms with van der Waals surface area (Å²) in [6, 6.07) is 22.7.